The fraction of sp³-hybridized carbons (Fsp3) is 0.500. The van der Waals surface area contributed by atoms with Crippen LogP contribution in [0.15, 0.2) is 30.3 Å². The molecule has 0 saturated heterocycles. The lowest BCUT2D eigenvalue weighted by atomic mass is 9.90. The van der Waals surface area contributed by atoms with Crippen LogP contribution in [0.3, 0.4) is 0 Å². The highest BCUT2D eigenvalue weighted by Gasteiger charge is 2.41. The summed E-state index contributed by atoms with van der Waals surface area (Å²) in [5.74, 6) is -2.21. The molecule has 0 unspecified atom stereocenters. The zero-order chi connectivity index (χ0) is 16.9. The maximum absolute atomic E-state index is 12.4. The molecule has 23 heavy (non-hydrogen) atoms. The lowest BCUT2D eigenvalue weighted by Gasteiger charge is -2.33. The standard InChI is InChI=1S/C16H19F3N2O2/c17-16(18,19)15(23)21-13-9-5-4-8-12(13)20-14(22)10-11-6-2-1-3-7-11/h1-3,6-7,12-13H,4-5,8-10H2,(H,20,22)(H,21,23)/t12-,13-/m1/s1. The number of nitrogens with one attached hydrogen (secondary N) is 2. The number of carbonyl (C=O) groups excluding carboxylic acids is 2. The van der Waals surface area contributed by atoms with E-state index in [9.17, 15) is 22.8 Å². The fourth-order valence-electron chi connectivity index (χ4n) is 2.77. The van der Waals surface area contributed by atoms with Gasteiger partial charge in [-0.25, -0.2) is 0 Å². The van der Waals surface area contributed by atoms with Crippen LogP contribution in [0.5, 0.6) is 0 Å². The summed E-state index contributed by atoms with van der Waals surface area (Å²) in [5.41, 5.74) is 0.830. The van der Waals surface area contributed by atoms with E-state index in [1.54, 1.807) is 0 Å². The van der Waals surface area contributed by atoms with E-state index in [4.69, 9.17) is 0 Å². The molecule has 0 aromatic heterocycles. The minimum atomic E-state index is -4.91. The van der Waals surface area contributed by atoms with Crippen LogP contribution in [0.1, 0.15) is 31.2 Å². The van der Waals surface area contributed by atoms with Crippen LogP contribution in [-0.2, 0) is 16.0 Å². The Labute approximate surface area is 132 Å². The van der Waals surface area contributed by atoms with E-state index in [0.717, 1.165) is 18.4 Å². The second-order valence-electron chi connectivity index (χ2n) is 5.70. The van der Waals surface area contributed by atoms with Gasteiger partial charge in [0, 0.05) is 12.1 Å². The van der Waals surface area contributed by atoms with Crippen molar-refractivity contribution < 1.29 is 22.8 Å². The number of rotatable bonds is 4. The summed E-state index contributed by atoms with van der Waals surface area (Å²) in [6.45, 7) is 0. The minimum absolute atomic E-state index is 0.164. The summed E-state index contributed by atoms with van der Waals surface area (Å²) in [6, 6.07) is 7.94. The predicted octanol–water partition coefficient (Wildman–Crippen LogP) is 2.33. The first-order chi connectivity index (χ1) is 10.9. The number of carbonyl (C=O) groups is 2. The Kier molecular flexibility index (Phi) is 5.63. The van der Waals surface area contributed by atoms with Crippen LogP contribution in [0.2, 0.25) is 0 Å². The first-order valence-electron chi connectivity index (χ1n) is 7.57. The van der Waals surface area contributed by atoms with Gasteiger partial charge in [0.1, 0.15) is 0 Å². The third-order valence-corrected chi connectivity index (χ3v) is 3.89. The molecule has 0 radical (unpaired) electrons. The van der Waals surface area contributed by atoms with E-state index in [0.29, 0.717) is 12.8 Å². The Morgan fingerprint density at radius 1 is 1.00 bits per heavy atom. The fourth-order valence-corrected chi connectivity index (χ4v) is 2.77. The van der Waals surface area contributed by atoms with Crippen LogP contribution in [0, 0.1) is 0 Å². The number of halogens is 3. The maximum Gasteiger partial charge on any atom is 0.471 e. The molecule has 4 nitrogen and oxygen atoms in total. The molecular weight excluding hydrogens is 309 g/mol. The molecule has 0 heterocycles. The first-order valence-corrected chi connectivity index (χ1v) is 7.57. The van der Waals surface area contributed by atoms with Gasteiger partial charge >= 0.3 is 12.1 Å². The third kappa shape index (κ3) is 5.26. The minimum Gasteiger partial charge on any atom is -0.351 e. The SMILES string of the molecule is O=C(Cc1ccccc1)N[C@@H]1CCCC[C@H]1NC(=O)C(F)(F)F. The van der Waals surface area contributed by atoms with E-state index in [2.05, 4.69) is 5.32 Å². The number of hydrogen-bond acceptors (Lipinski definition) is 2. The van der Waals surface area contributed by atoms with E-state index in [1.165, 1.54) is 0 Å². The molecule has 7 heteroatoms. The molecule has 0 aliphatic heterocycles. The van der Waals surface area contributed by atoms with Crippen molar-refractivity contribution >= 4 is 11.8 Å². The Morgan fingerprint density at radius 2 is 1.57 bits per heavy atom. The zero-order valence-corrected chi connectivity index (χ0v) is 12.5. The smallest absolute Gasteiger partial charge is 0.351 e. The molecule has 2 atom stereocenters. The molecule has 1 saturated carbocycles. The number of alkyl halides is 3. The topological polar surface area (TPSA) is 58.2 Å². The van der Waals surface area contributed by atoms with Crippen LogP contribution >= 0.6 is 0 Å². The number of hydrogen-bond donors (Lipinski definition) is 2. The number of amides is 2. The maximum atomic E-state index is 12.4. The van der Waals surface area contributed by atoms with Crippen LogP contribution < -0.4 is 10.6 Å². The van der Waals surface area contributed by atoms with Crippen molar-refractivity contribution in [3.05, 3.63) is 35.9 Å². The summed E-state index contributed by atoms with van der Waals surface area (Å²) >= 11 is 0. The average Bonchev–Trinajstić information content (AvgIpc) is 2.49. The summed E-state index contributed by atoms with van der Waals surface area (Å²) < 4.78 is 37.1. The van der Waals surface area contributed by atoms with Gasteiger partial charge < -0.3 is 10.6 Å². The average molecular weight is 328 g/mol. The lowest BCUT2D eigenvalue weighted by Crippen LogP contribution is -2.55. The summed E-state index contributed by atoms with van der Waals surface area (Å²) in [7, 11) is 0. The van der Waals surface area contributed by atoms with Crippen molar-refractivity contribution in [3.8, 4) is 0 Å². The molecule has 1 aliphatic carbocycles. The van der Waals surface area contributed by atoms with Gasteiger partial charge in [0.2, 0.25) is 5.91 Å². The van der Waals surface area contributed by atoms with Gasteiger partial charge in [0.25, 0.3) is 0 Å². The zero-order valence-electron chi connectivity index (χ0n) is 12.5. The summed E-state index contributed by atoms with van der Waals surface area (Å²) in [6.07, 6.45) is -2.21. The van der Waals surface area contributed by atoms with Crippen LogP contribution in [0.25, 0.3) is 0 Å². The van der Waals surface area contributed by atoms with Gasteiger partial charge in [-0.3, -0.25) is 9.59 Å². The lowest BCUT2D eigenvalue weighted by molar-refractivity contribution is -0.174. The largest absolute Gasteiger partial charge is 0.471 e. The molecular formula is C16H19F3N2O2. The predicted molar refractivity (Wildman–Crippen MR) is 78.5 cm³/mol. The quantitative estimate of drug-likeness (QED) is 0.891. The molecule has 0 spiro atoms. The molecule has 1 fully saturated rings. The Balaban J connectivity index is 1.93. The third-order valence-electron chi connectivity index (χ3n) is 3.89. The van der Waals surface area contributed by atoms with E-state index in [1.807, 2.05) is 35.6 Å². The van der Waals surface area contributed by atoms with Crippen molar-refractivity contribution in [1.29, 1.82) is 0 Å². The molecule has 0 bridgehead atoms. The van der Waals surface area contributed by atoms with Crippen molar-refractivity contribution in [2.45, 2.75) is 50.4 Å². The van der Waals surface area contributed by atoms with Gasteiger partial charge in [-0.2, -0.15) is 13.2 Å². The summed E-state index contributed by atoms with van der Waals surface area (Å²) in [4.78, 5) is 23.2. The van der Waals surface area contributed by atoms with Gasteiger partial charge in [-0.05, 0) is 18.4 Å². The van der Waals surface area contributed by atoms with Crippen LogP contribution in [-0.4, -0.2) is 30.1 Å². The van der Waals surface area contributed by atoms with Crippen molar-refractivity contribution in [2.75, 3.05) is 0 Å². The molecule has 1 aromatic carbocycles. The normalized spacial score (nSPS) is 21.5. The highest BCUT2D eigenvalue weighted by Crippen LogP contribution is 2.21. The number of benzene rings is 1. The van der Waals surface area contributed by atoms with Crippen LogP contribution in [0.4, 0.5) is 13.2 Å². The van der Waals surface area contributed by atoms with E-state index >= 15 is 0 Å². The van der Waals surface area contributed by atoms with E-state index in [-0.39, 0.29) is 12.3 Å². The Bertz CT molecular complexity index is 546. The van der Waals surface area contributed by atoms with Gasteiger partial charge in [0.15, 0.2) is 0 Å². The Morgan fingerprint density at radius 3 is 2.13 bits per heavy atom. The Hall–Kier alpha value is -2.05. The second kappa shape index (κ2) is 7.48. The highest BCUT2D eigenvalue weighted by atomic mass is 19.4. The van der Waals surface area contributed by atoms with Crippen molar-refractivity contribution in [1.82, 2.24) is 10.6 Å². The van der Waals surface area contributed by atoms with Gasteiger partial charge in [-0.1, -0.05) is 43.2 Å². The first kappa shape index (κ1) is 17.3. The molecule has 2 N–H and O–H groups in total. The second-order valence-corrected chi connectivity index (χ2v) is 5.70. The molecule has 2 rings (SSSR count). The highest BCUT2D eigenvalue weighted by molar-refractivity contribution is 5.82. The molecule has 1 aliphatic rings. The molecule has 126 valence electrons. The summed E-state index contributed by atoms with van der Waals surface area (Å²) in [5, 5.41) is 4.75. The van der Waals surface area contributed by atoms with Crippen molar-refractivity contribution in [3.63, 3.8) is 0 Å². The van der Waals surface area contributed by atoms with Crippen molar-refractivity contribution in [2.24, 2.45) is 0 Å². The molecule has 1 aromatic rings. The van der Waals surface area contributed by atoms with Gasteiger partial charge in [0.05, 0.1) is 6.42 Å². The van der Waals surface area contributed by atoms with E-state index < -0.39 is 24.2 Å². The van der Waals surface area contributed by atoms with Gasteiger partial charge in [-0.15, -0.1) is 0 Å². The molecule has 2 amide bonds. The monoisotopic (exact) mass is 328 g/mol.